The first-order valence-corrected chi connectivity index (χ1v) is 5.66. The fourth-order valence-corrected chi connectivity index (χ4v) is 1.85. The number of aromatic nitrogens is 1. The van der Waals surface area contributed by atoms with Gasteiger partial charge in [-0.3, -0.25) is 10.1 Å². The van der Waals surface area contributed by atoms with E-state index in [1.54, 1.807) is 41.2 Å². The number of carbonyl (C=O) groups is 1. The maximum Gasteiger partial charge on any atom is 0.327 e. The van der Waals surface area contributed by atoms with Gasteiger partial charge in [0.1, 0.15) is 6.04 Å². The quantitative estimate of drug-likeness (QED) is 0.660. The number of carboxylic acids is 1. The van der Waals surface area contributed by atoms with Crippen LogP contribution in [-0.4, -0.2) is 20.6 Å². The molecule has 19 heavy (non-hydrogen) atoms. The molecule has 0 radical (unpaired) electrons. The van der Waals surface area contributed by atoms with Crippen molar-refractivity contribution in [3.8, 4) is 0 Å². The van der Waals surface area contributed by atoms with Crippen LogP contribution in [0.25, 0.3) is 0 Å². The van der Waals surface area contributed by atoms with Gasteiger partial charge in [-0.15, -0.1) is 0 Å². The van der Waals surface area contributed by atoms with Crippen LogP contribution < -0.4 is 0 Å². The van der Waals surface area contributed by atoms with Crippen molar-refractivity contribution in [2.45, 2.75) is 12.5 Å². The highest BCUT2D eigenvalue weighted by atomic mass is 16.6. The lowest BCUT2D eigenvalue weighted by Crippen LogP contribution is -2.20. The van der Waals surface area contributed by atoms with E-state index in [2.05, 4.69) is 0 Å². The van der Waals surface area contributed by atoms with Gasteiger partial charge in [-0.05, 0) is 17.7 Å². The number of non-ortho nitro benzene ring substituents is 1. The van der Waals surface area contributed by atoms with Crippen LogP contribution in [0.15, 0.2) is 48.8 Å². The second-order valence-corrected chi connectivity index (χ2v) is 4.11. The second kappa shape index (κ2) is 5.34. The van der Waals surface area contributed by atoms with Gasteiger partial charge in [0.2, 0.25) is 0 Å². The molecule has 1 heterocycles. The van der Waals surface area contributed by atoms with E-state index in [1.165, 1.54) is 12.1 Å². The summed E-state index contributed by atoms with van der Waals surface area (Å²) in [5.41, 5.74) is 0.739. The van der Waals surface area contributed by atoms with Gasteiger partial charge in [-0.25, -0.2) is 4.79 Å². The summed E-state index contributed by atoms with van der Waals surface area (Å²) in [6.07, 6.45) is 3.65. The SMILES string of the molecule is O=C(O)C(Cc1ccc([N+](=O)[O-])cc1)n1cccc1. The number of nitro benzene ring substituents is 1. The summed E-state index contributed by atoms with van der Waals surface area (Å²) in [7, 11) is 0. The van der Waals surface area contributed by atoms with Crippen LogP contribution in [-0.2, 0) is 11.2 Å². The molecule has 0 saturated heterocycles. The Morgan fingerprint density at radius 2 is 1.84 bits per heavy atom. The van der Waals surface area contributed by atoms with E-state index in [1.807, 2.05) is 0 Å². The van der Waals surface area contributed by atoms with E-state index in [0.29, 0.717) is 0 Å². The molecule has 2 aromatic rings. The average molecular weight is 260 g/mol. The van der Waals surface area contributed by atoms with Crippen LogP contribution in [0, 0.1) is 10.1 Å². The van der Waals surface area contributed by atoms with Crippen molar-refractivity contribution in [2.24, 2.45) is 0 Å². The van der Waals surface area contributed by atoms with Crippen LogP contribution in [0.2, 0.25) is 0 Å². The lowest BCUT2D eigenvalue weighted by Gasteiger charge is -2.14. The number of hydrogen-bond acceptors (Lipinski definition) is 3. The summed E-state index contributed by atoms with van der Waals surface area (Å²) in [5.74, 6) is -0.936. The van der Waals surface area contributed by atoms with Crippen LogP contribution in [0.5, 0.6) is 0 Å². The zero-order chi connectivity index (χ0) is 13.8. The molecule has 1 aromatic carbocycles. The largest absolute Gasteiger partial charge is 0.480 e. The number of hydrogen-bond donors (Lipinski definition) is 1. The number of aliphatic carboxylic acids is 1. The Kier molecular flexibility index (Phi) is 3.61. The van der Waals surface area contributed by atoms with Crippen molar-refractivity contribution in [3.63, 3.8) is 0 Å². The molecule has 6 nitrogen and oxygen atoms in total. The molecule has 0 spiro atoms. The van der Waals surface area contributed by atoms with Gasteiger partial charge in [0.15, 0.2) is 0 Å². The van der Waals surface area contributed by atoms with E-state index in [4.69, 9.17) is 0 Å². The van der Waals surface area contributed by atoms with Crippen LogP contribution in [0.3, 0.4) is 0 Å². The molecule has 1 unspecified atom stereocenters. The summed E-state index contributed by atoms with van der Waals surface area (Å²) in [5, 5.41) is 19.8. The number of rotatable bonds is 5. The van der Waals surface area contributed by atoms with Crippen LogP contribution in [0.4, 0.5) is 5.69 Å². The predicted octanol–water partition coefficient (Wildman–Crippen LogP) is 2.26. The molecular weight excluding hydrogens is 248 g/mol. The fourth-order valence-electron chi connectivity index (χ4n) is 1.85. The molecule has 0 bridgehead atoms. The third-order valence-corrected chi connectivity index (χ3v) is 2.85. The van der Waals surface area contributed by atoms with E-state index in [9.17, 15) is 20.0 Å². The highest BCUT2D eigenvalue weighted by Gasteiger charge is 2.19. The summed E-state index contributed by atoms with van der Waals surface area (Å²) in [6.45, 7) is 0. The lowest BCUT2D eigenvalue weighted by atomic mass is 10.1. The topological polar surface area (TPSA) is 85.4 Å². The number of benzene rings is 1. The Balaban J connectivity index is 2.18. The molecule has 0 aliphatic heterocycles. The first-order chi connectivity index (χ1) is 9.08. The second-order valence-electron chi connectivity index (χ2n) is 4.11. The maximum atomic E-state index is 11.2. The summed E-state index contributed by atoms with van der Waals surface area (Å²) < 4.78 is 1.60. The van der Waals surface area contributed by atoms with Gasteiger partial charge >= 0.3 is 5.97 Å². The van der Waals surface area contributed by atoms with E-state index >= 15 is 0 Å². The first-order valence-electron chi connectivity index (χ1n) is 5.66. The minimum absolute atomic E-state index is 0.00316. The highest BCUT2D eigenvalue weighted by Crippen LogP contribution is 2.18. The highest BCUT2D eigenvalue weighted by molar-refractivity contribution is 5.72. The Labute approximate surface area is 109 Å². The first kappa shape index (κ1) is 12.8. The average Bonchev–Trinajstić information content (AvgIpc) is 2.89. The maximum absolute atomic E-state index is 11.2. The lowest BCUT2D eigenvalue weighted by molar-refractivity contribution is -0.384. The van der Waals surface area contributed by atoms with Crippen molar-refractivity contribution in [2.75, 3.05) is 0 Å². The number of nitro groups is 1. The van der Waals surface area contributed by atoms with Crippen molar-refractivity contribution in [3.05, 3.63) is 64.5 Å². The fraction of sp³-hybridized carbons (Fsp3) is 0.154. The van der Waals surface area contributed by atoms with Crippen molar-refractivity contribution in [1.82, 2.24) is 4.57 Å². The standard InChI is InChI=1S/C13H12N2O4/c16-13(17)12(14-7-1-2-8-14)9-10-3-5-11(6-4-10)15(18)19/h1-8,12H,9H2,(H,16,17). The molecule has 98 valence electrons. The molecule has 2 rings (SSSR count). The van der Waals surface area contributed by atoms with E-state index in [0.717, 1.165) is 5.56 Å². The molecule has 1 N–H and O–H groups in total. The molecule has 6 heteroatoms. The summed E-state index contributed by atoms with van der Waals surface area (Å²) in [6, 6.07) is 8.72. The molecule has 0 fully saturated rings. The number of carboxylic acid groups (broad SMARTS) is 1. The van der Waals surface area contributed by atoms with Gasteiger partial charge < -0.3 is 9.67 Å². The normalized spacial score (nSPS) is 12.0. The third-order valence-electron chi connectivity index (χ3n) is 2.85. The summed E-state index contributed by atoms with van der Waals surface area (Å²) >= 11 is 0. The number of nitrogens with zero attached hydrogens (tertiary/aromatic N) is 2. The van der Waals surface area contributed by atoms with Crippen molar-refractivity contribution < 1.29 is 14.8 Å². The Bertz CT molecular complexity index is 575. The Hall–Kier alpha value is -2.63. The van der Waals surface area contributed by atoms with Crippen molar-refractivity contribution >= 4 is 11.7 Å². The summed E-state index contributed by atoms with van der Waals surface area (Å²) in [4.78, 5) is 21.3. The zero-order valence-electron chi connectivity index (χ0n) is 9.97. The van der Waals surface area contributed by atoms with Gasteiger partial charge in [0.25, 0.3) is 5.69 Å². The van der Waals surface area contributed by atoms with Gasteiger partial charge in [0.05, 0.1) is 4.92 Å². The predicted molar refractivity (Wildman–Crippen MR) is 67.9 cm³/mol. The monoisotopic (exact) mass is 260 g/mol. The van der Waals surface area contributed by atoms with E-state index in [-0.39, 0.29) is 12.1 Å². The third kappa shape index (κ3) is 2.98. The van der Waals surface area contributed by atoms with Crippen molar-refractivity contribution in [1.29, 1.82) is 0 Å². The molecule has 0 aliphatic carbocycles. The molecule has 1 atom stereocenters. The smallest absolute Gasteiger partial charge is 0.327 e. The van der Waals surface area contributed by atoms with Crippen LogP contribution in [0.1, 0.15) is 11.6 Å². The van der Waals surface area contributed by atoms with Crippen LogP contribution >= 0.6 is 0 Å². The molecule has 0 amide bonds. The van der Waals surface area contributed by atoms with Gasteiger partial charge in [0, 0.05) is 30.9 Å². The molecule has 0 aliphatic rings. The Morgan fingerprint density at radius 1 is 1.26 bits per heavy atom. The minimum atomic E-state index is -0.936. The van der Waals surface area contributed by atoms with Gasteiger partial charge in [-0.1, -0.05) is 12.1 Å². The zero-order valence-corrected chi connectivity index (χ0v) is 9.97. The Morgan fingerprint density at radius 3 is 2.32 bits per heavy atom. The molecule has 1 aromatic heterocycles. The molecule has 0 saturated carbocycles. The van der Waals surface area contributed by atoms with E-state index < -0.39 is 16.9 Å². The molecular formula is C13H12N2O4. The van der Waals surface area contributed by atoms with Gasteiger partial charge in [-0.2, -0.15) is 0 Å². The minimum Gasteiger partial charge on any atom is -0.480 e.